The largest absolute Gasteiger partial charge is 0.511 e. The number of nitrogens with zero attached hydrogens (tertiary/aromatic N) is 2. The Morgan fingerprint density at radius 3 is 2.43 bits per heavy atom. The molecule has 0 aliphatic rings. The standard InChI is InChI=1S/C30H27ClF3N3O7/c1-17(2)42-29(40)44-18(3)43-28(39)10-11-41-26-7-5-4-6-24(26)36-16-25(38)19-8-9-23(31)21(12-19)22-15-37-27(30(32,33)34)13-20(22)14-35/h4-9,12-13,15,17-18,36H,10-11,16H2,1-3H3. The molecule has 1 N–H and O–H groups in total. The summed E-state index contributed by atoms with van der Waals surface area (Å²) in [5, 5.41) is 12.5. The summed E-state index contributed by atoms with van der Waals surface area (Å²) in [6, 6.07) is 13.2. The van der Waals surface area contributed by atoms with Crippen LogP contribution < -0.4 is 10.1 Å². The van der Waals surface area contributed by atoms with Crippen molar-refractivity contribution < 1.29 is 46.5 Å². The van der Waals surface area contributed by atoms with Crippen molar-refractivity contribution in [1.29, 1.82) is 5.26 Å². The lowest BCUT2D eigenvalue weighted by Gasteiger charge is -2.16. The molecule has 0 aliphatic heterocycles. The number of benzene rings is 2. The number of ketones is 1. The van der Waals surface area contributed by atoms with Gasteiger partial charge in [0.2, 0.25) is 6.29 Å². The van der Waals surface area contributed by atoms with E-state index in [-0.39, 0.29) is 46.8 Å². The summed E-state index contributed by atoms with van der Waals surface area (Å²) >= 11 is 6.26. The van der Waals surface area contributed by atoms with E-state index in [4.69, 9.17) is 30.5 Å². The van der Waals surface area contributed by atoms with Gasteiger partial charge in [0.1, 0.15) is 11.4 Å². The van der Waals surface area contributed by atoms with Gasteiger partial charge in [-0.25, -0.2) is 4.79 Å². The summed E-state index contributed by atoms with van der Waals surface area (Å²) in [6.07, 6.45) is -6.54. The van der Waals surface area contributed by atoms with Crippen molar-refractivity contribution >= 4 is 35.2 Å². The van der Waals surface area contributed by atoms with Crippen LogP contribution in [0.5, 0.6) is 5.75 Å². The number of Topliss-reactive ketones (excluding diaryl/α,β-unsaturated/α-hetero) is 1. The molecule has 3 rings (SSSR count). The Kier molecular flexibility index (Phi) is 11.5. The van der Waals surface area contributed by atoms with E-state index < -0.39 is 42.2 Å². The summed E-state index contributed by atoms with van der Waals surface area (Å²) < 4.78 is 59.5. The van der Waals surface area contributed by atoms with Crippen LogP contribution in [0.4, 0.5) is 23.7 Å². The van der Waals surface area contributed by atoms with Crippen LogP contribution in [0.25, 0.3) is 11.1 Å². The minimum atomic E-state index is -4.74. The van der Waals surface area contributed by atoms with Gasteiger partial charge in [0.05, 0.1) is 43.0 Å². The highest BCUT2D eigenvalue weighted by Crippen LogP contribution is 2.35. The summed E-state index contributed by atoms with van der Waals surface area (Å²) in [4.78, 5) is 40.0. The zero-order valence-electron chi connectivity index (χ0n) is 23.7. The maximum absolute atomic E-state index is 13.1. The molecule has 44 heavy (non-hydrogen) atoms. The number of carbonyl (C=O) groups is 3. The van der Waals surface area contributed by atoms with Crippen LogP contribution in [-0.4, -0.2) is 48.4 Å². The number of ether oxygens (including phenoxy) is 4. The summed E-state index contributed by atoms with van der Waals surface area (Å²) in [5.74, 6) is -0.745. The highest BCUT2D eigenvalue weighted by molar-refractivity contribution is 6.33. The summed E-state index contributed by atoms with van der Waals surface area (Å²) in [7, 11) is 0. The molecule has 1 atom stereocenters. The average Bonchev–Trinajstić information content (AvgIpc) is 2.95. The Labute approximate surface area is 255 Å². The first-order valence-corrected chi connectivity index (χ1v) is 13.5. The van der Waals surface area contributed by atoms with Gasteiger partial charge in [-0.05, 0) is 50.2 Å². The number of esters is 1. The first-order valence-electron chi connectivity index (χ1n) is 13.1. The maximum atomic E-state index is 13.1. The van der Waals surface area contributed by atoms with Gasteiger partial charge in [0, 0.05) is 34.8 Å². The Morgan fingerprint density at radius 2 is 1.75 bits per heavy atom. The second kappa shape index (κ2) is 15.1. The molecular formula is C30H27ClF3N3O7. The summed E-state index contributed by atoms with van der Waals surface area (Å²) in [6.45, 7) is 4.35. The molecule has 1 heterocycles. The molecule has 232 valence electrons. The van der Waals surface area contributed by atoms with E-state index in [9.17, 15) is 32.8 Å². The van der Waals surface area contributed by atoms with Crippen LogP contribution in [0.3, 0.4) is 0 Å². The second-order valence-corrected chi connectivity index (χ2v) is 9.79. The van der Waals surface area contributed by atoms with Crippen LogP contribution in [0, 0.1) is 11.3 Å². The smallest absolute Gasteiger partial charge is 0.491 e. The van der Waals surface area contributed by atoms with Crippen molar-refractivity contribution in [1.82, 2.24) is 4.98 Å². The number of halogens is 4. The minimum Gasteiger partial charge on any atom is -0.491 e. The fourth-order valence-electron chi connectivity index (χ4n) is 3.71. The minimum absolute atomic E-state index is 0.0434. The quantitative estimate of drug-likeness (QED) is 0.129. The van der Waals surface area contributed by atoms with Crippen molar-refractivity contribution in [3.05, 3.63) is 76.6 Å². The van der Waals surface area contributed by atoms with Crippen molar-refractivity contribution in [3.8, 4) is 22.9 Å². The molecule has 2 aromatic carbocycles. The molecule has 0 aliphatic carbocycles. The fraction of sp³-hybridized carbons (Fsp3) is 0.300. The molecule has 0 fully saturated rings. The van der Waals surface area contributed by atoms with E-state index in [1.165, 1.54) is 25.1 Å². The van der Waals surface area contributed by atoms with Crippen LogP contribution in [0.15, 0.2) is 54.7 Å². The number of hydrogen-bond acceptors (Lipinski definition) is 10. The van der Waals surface area contributed by atoms with Gasteiger partial charge in [0.25, 0.3) is 0 Å². The lowest BCUT2D eigenvalue weighted by molar-refractivity contribution is -0.169. The number of rotatable bonds is 12. The SMILES string of the molecule is CC(C)OC(=O)OC(C)OC(=O)CCOc1ccccc1NCC(=O)c1ccc(Cl)c(-c2cnc(C(F)(F)F)cc2C#N)c1. The molecule has 0 spiro atoms. The van der Waals surface area contributed by atoms with Crippen molar-refractivity contribution in [2.24, 2.45) is 0 Å². The third-order valence-electron chi connectivity index (χ3n) is 5.68. The van der Waals surface area contributed by atoms with Crippen LogP contribution in [0.2, 0.25) is 5.02 Å². The van der Waals surface area contributed by atoms with Crippen LogP contribution in [-0.2, 0) is 25.2 Å². The monoisotopic (exact) mass is 633 g/mol. The molecule has 0 amide bonds. The molecule has 1 unspecified atom stereocenters. The van der Waals surface area contributed by atoms with E-state index >= 15 is 0 Å². The third-order valence-corrected chi connectivity index (χ3v) is 6.00. The van der Waals surface area contributed by atoms with Crippen molar-refractivity contribution in [3.63, 3.8) is 0 Å². The number of carbonyl (C=O) groups excluding carboxylic acids is 3. The van der Waals surface area contributed by atoms with Crippen molar-refractivity contribution in [2.45, 2.75) is 45.8 Å². The first kappa shape index (κ1) is 33.7. The number of nitriles is 1. The highest BCUT2D eigenvalue weighted by atomic mass is 35.5. The number of aromatic nitrogens is 1. The fourth-order valence-corrected chi connectivity index (χ4v) is 3.93. The molecule has 0 bridgehead atoms. The first-order chi connectivity index (χ1) is 20.8. The molecule has 0 saturated carbocycles. The predicted molar refractivity (Wildman–Crippen MR) is 152 cm³/mol. The van der Waals surface area contributed by atoms with Gasteiger partial charge in [-0.3, -0.25) is 14.6 Å². The van der Waals surface area contributed by atoms with E-state index in [2.05, 4.69) is 10.3 Å². The molecule has 10 nitrogen and oxygen atoms in total. The third kappa shape index (κ3) is 9.60. The molecule has 1 aromatic heterocycles. The molecule has 3 aromatic rings. The predicted octanol–water partition coefficient (Wildman–Crippen LogP) is 6.81. The van der Waals surface area contributed by atoms with E-state index in [0.717, 1.165) is 6.20 Å². The van der Waals surface area contributed by atoms with Gasteiger partial charge in [-0.2, -0.15) is 18.4 Å². The van der Waals surface area contributed by atoms with Crippen molar-refractivity contribution in [2.75, 3.05) is 18.5 Å². The maximum Gasteiger partial charge on any atom is 0.511 e. The second-order valence-electron chi connectivity index (χ2n) is 9.38. The lowest BCUT2D eigenvalue weighted by Crippen LogP contribution is -2.24. The van der Waals surface area contributed by atoms with Gasteiger partial charge in [-0.1, -0.05) is 23.7 Å². The number of hydrogen-bond donors (Lipinski definition) is 1. The molecule has 0 saturated heterocycles. The number of pyridine rings is 1. The number of para-hydroxylation sites is 2. The Hall–Kier alpha value is -4.83. The number of alkyl halides is 3. The molecule has 0 radical (unpaired) electrons. The van der Waals surface area contributed by atoms with Gasteiger partial charge < -0.3 is 24.3 Å². The topological polar surface area (TPSA) is 137 Å². The van der Waals surface area contributed by atoms with Crippen LogP contribution >= 0.6 is 11.6 Å². The normalized spacial score (nSPS) is 11.7. The number of anilines is 1. The van der Waals surface area contributed by atoms with Crippen LogP contribution in [0.1, 0.15) is 48.8 Å². The lowest BCUT2D eigenvalue weighted by atomic mass is 9.98. The Bertz CT molecular complexity index is 1560. The Morgan fingerprint density at radius 1 is 1.02 bits per heavy atom. The van der Waals surface area contributed by atoms with E-state index in [1.807, 2.05) is 0 Å². The van der Waals surface area contributed by atoms with E-state index in [1.54, 1.807) is 44.2 Å². The van der Waals surface area contributed by atoms with E-state index in [0.29, 0.717) is 17.5 Å². The highest BCUT2D eigenvalue weighted by Gasteiger charge is 2.33. The van der Waals surface area contributed by atoms with Gasteiger partial charge in [0.15, 0.2) is 5.78 Å². The summed E-state index contributed by atoms with van der Waals surface area (Å²) in [5.41, 5.74) is -0.701. The average molecular weight is 634 g/mol. The number of nitrogens with one attached hydrogen (secondary N) is 1. The van der Waals surface area contributed by atoms with Gasteiger partial charge in [-0.15, -0.1) is 0 Å². The Balaban J connectivity index is 1.62. The molecular weight excluding hydrogens is 607 g/mol. The molecule has 14 heteroatoms. The zero-order valence-corrected chi connectivity index (χ0v) is 24.5. The van der Waals surface area contributed by atoms with Gasteiger partial charge >= 0.3 is 18.3 Å². The zero-order chi connectivity index (χ0) is 32.4.